The number of hydrogen-bond donors (Lipinski definition) is 0. The molecule has 0 aliphatic rings. The van der Waals surface area contributed by atoms with Crippen molar-refractivity contribution in [3.05, 3.63) is 34.7 Å². The molecule has 82 valence electrons. The fourth-order valence-electron chi connectivity index (χ4n) is 1.35. The van der Waals surface area contributed by atoms with E-state index < -0.39 is 5.41 Å². The van der Waals surface area contributed by atoms with E-state index in [0.717, 1.165) is 0 Å². The minimum absolute atomic E-state index is 0.0397. The van der Waals surface area contributed by atoms with Gasteiger partial charge in [-0.2, -0.15) is 0 Å². The highest BCUT2D eigenvalue weighted by atomic mass is 16.5. The summed E-state index contributed by atoms with van der Waals surface area (Å²) in [7, 11) is 1.37. The van der Waals surface area contributed by atoms with Gasteiger partial charge in [0.25, 0.3) is 0 Å². The molecule has 0 bridgehead atoms. The van der Waals surface area contributed by atoms with Gasteiger partial charge in [-0.05, 0) is 13.8 Å². The summed E-state index contributed by atoms with van der Waals surface area (Å²) in [5, 5.41) is 0. The predicted octanol–water partition coefficient (Wildman–Crippen LogP) is 1.05. The molecule has 0 N–H and O–H groups in total. The SMILES string of the molecule is COC(=O)C(C)(C)Cn1ccc(=O)cc1. The number of hydrogen-bond acceptors (Lipinski definition) is 3. The molecule has 0 atom stereocenters. The standard InChI is InChI=1S/C11H15NO3/c1-11(2,10(14)15-3)8-12-6-4-9(13)5-7-12/h4-7H,8H2,1-3H3. The maximum Gasteiger partial charge on any atom is 0.313 e. The van der Waals surface area contributed by atoms with Gasteiger partial charge < -0.3 is 9.30 Å². The zero-order chi connectivity index (χ0) is 11.5. The zero-order valence-corrected chi connectivity index (χ0v) is 9.19. The molecule has 0 saturated carbocycles. The molecule has 1 heterocycles. The molecule has 1 aromatic heterocycles. The summed E-state index contributed by atoms with van der Waals surface area (Å²) in [6.45, 7) is 4.09. The van der Waals surface area contributed by atoms with Crippen LogP contribution in [0.1, 0.15) is 13.8 Å². The molecule has 15 heavy (non-hydrogen) atoms. The minimum Gasteiger partial charge on any atom is -0.469 e. The normalized spacial score (nSPS) is 11.1. The smallest absolute Gasteiger partial charge is 0.313 e. The first-order chi connectivity index (χ1) is 6.95. The Morgan fingerprint density at radius 3 is 2.40 bits per heavy atom. The van der Waals surface area contributed by atoms with Gasteiger partial charge in [-0.1, -0.05) is 0 Å². The van der Waals surface area contributed by atoms with Gasteiger partial charge in [0, 0.05) is 31.1 Å². The Morgan fingerprint density at radius 2 is 1.93 bits per heavy atom. The van der Waals surface area contributed by atoms with E-state index in [1.807, 2.05) is 0 Å². The van der Waals surface area contributed by atoms with Gasteiger partial charge in [-0.3, -0.25) is 9.59 Å². The monoisotopic (exact) mass is 209 g/mol. The van der Waals surface area contributed by atoms with Crippen LogP contribution in [-0.4, -0.2) is 17.6 Å². The number of carbonyl (C=O) groups is 1. The van der Waals surface area contributed by atoms with E-state index in [-0.39, 0.29) is 11.4 Å². The molecule has 0 aliphatic heterocycles. The van der Waals surface area contributed by atoms with Crippen LogP contribution in [0.5, 0.6) is 0 Å². The third kappa shape index (κ3) is 2.94. The topological polar surface area (TPSA) is 48.3 Å². The van der Waals surface area contributed by atoms with Crippen molar-refractivity contribution >= 4 is 5.97 Å². The van der Waals surface area contributed by atoms with Gasteiger partial charge in [-0.25, -0.2) is 0 Å². The number of pyridine rings is 1. The van der Waals surface area contributed by atoms with Crippen LogP contribution in [-0.2, 0) is 16.1 Å². The summed E-state index contributed by atoms with van der Waals surface area (Å²) >= 11 is 0. The number of nitrogens with zero attached hydrogens (tertiary/aromatic N) is 1. The maximum absolute atomic E-state index is 11.4. The number of aromatic nitrogens is 1. The third-order valence-electron chi connectivity index (χ3n) is 2.18. The largest absolute Gasteiger partial charge is 0.469 e. The van der Waals surface area contributed by atoms with Crippen LogP contribution in [0.2, 0.25) is 0 Å². The molecule has 0 saturated heterocycles. The van der Waals surface area contributed by atoms with Crippen molar-refractivity contribution < 1.29 is 9.53 Å². The lowest BCUT2D eigenvalue weighted by Gasteiger charge is -2.22. The average molecular weight is 209 g/mol. The van der Waals surface area contributed by atoms with E-state index in [1.165, 1.54) is 19.2 Å². The van der Waals surface area contributed by atoms with E-state index >= 15 is 0 Å². The quantitative estimate of drug-likeness (QED) is 0.699. The Balaban J connectivity index is 2.81. The second-order valence-electron chi connectivity index (χ2n) is 4.08. The van der Waals surface area contributed by atoms with Crippen LogP contribution in [0.15, 0.2) is 29.3 Å². The molecular weight excluding hydrogens is 194 g/mol. The molecule has 0 amide bonds. The molecule has 4 nitrogen and oxygen atoms in total. The molecular formula is C11H15NO3. The fraction of sp³-hybridized carbons (Fsp3) is 0.455. The van der Waals surface area contributed by atoms with E-state index in [9.17, 15) is 9.59 Å². The summed E-state index contributed by atoms with van der Waals surface area (Å²) in [4.78, 5) is 22.3. The van der Waals surface area contributed by atoms with Crippen molar-refractivity contribution in [3.8, 4) is 0 Å². The Hall–Kier alpha value is -1.58. The first-order valence-electron chi connectivity index (χ1n) is 4.70. The summed E-state index contributed by atoms with van der Waals surface area (Å²) in [6.07, 6.45) is 3.32. The van der Waals surface area contributed by atoms with Gasteiger partial charge >= 0.3 is 5.97 Å². The number of ether oxygens (including phenoxy) is 1. The molecule has 1 aromatic rings. The van der Waals surface area contributed by atoms with Crippen molar-refractivity contribution in [3.63, 3.8) is 0 Å². The van der Waals surface area contributed by atoms with Gasteiger partial charge in [-0.15, -0.1) is 0 Å². The Morgan fingerprint density at radius 1 is 1.40 bits per heavy atom. The van der Waals surface area contributed by atoms with E-state index in [0.29, 0.717) is 6.54 Å². The highest BCUT2D eigenvalue weighted by Gasteiger charge is 2.28. The summed E-state index contributed by atoms with van der Waals surface area (Å²) in [5.74, 6) is -0.263. The van der Waals surface area contributed by atoms with E-state index in [2.05, 4.69) is 0 Å². The van der Waals surface area contributed by atoms with Crippen LogP contribution in [0.25, 0.3) is 0 Å². The van der Waals surface area contributed by atoms with Crippen molar-refractivity contribution in [1.29, 1.82) is 0 Å². The van der Waals surface area contributed by atoms with Crippen molar-refractivity contribution in [1.82, 2.24) is 4.57 Å². The lowest BCUT2D eigenvalue weighted by atomic mass is 9.93. The second-order valence-corrected chi connectivity index (χ2v) is 4.08. The van der Waals surface area contributed by atoms with Crippen LogP contribution in [0, 0.1) is 5.41 Å². The van der Waals surface area contributed by atoms with Crippen molar-refractivity contribution in [2.45, 2.75) is 20.4 Å². The van der Waals surface area contributed by atoms with Crippen LogP contribution in [0.3, 0.4) is 0 Å². The Bertz CT molecular complexity index is 386. The van der Waals surface area contributed by atoms with Crippen molar-refractivity contribution in [2.24, 2.45) is 5.41 Å². The summed E-state index contributed by atoms with van der Waals surface area (Å²) in [5.41, 5.74) is -0.633. The number of rotatable bonds is 3. The summed E-state index contributed by atoms with van der Waals surface area (Å²) < 4.78 is 6.49. The van der Waals surface area contributed by atoms with E-state index in [4.69, 9.17) is 4.74 Å². The lowest BCUT2D eigenvalue weighted by molar-refractivity contribution is -0.151. The predicted molar refractivity (Wildman–Crippen MR) is 56.5 cm³/mol. The van der Waals surface area contributed by atoms with Crippen LogP contribution in [0.4, 0.5) is 0 Å². The molecule has 0 fully saturated rings. The number of carbonyl (C=O) groups excluding carboxylic acids is 1. The molecule has 4 heteroatoms. The first kappa shape index (κ1) is 11.5. The molecule has 0 radical (unpaired) electrons. The van der Waals surface area contributed by atoms with Gasteiger partial charge in [0.15, 0.2) is 5.43 Å². The highest BCUT2D eigenvalue weighted by molar-refractivity contribution is 5.75. The average Bonchev–Trinajstić information content (AvgIpc) is 2.20. The molecule has 0 aliphatic carbocycles. The molecule has 0 unspecified atom stereocenters. The fourth-order valence-corrected chi connectivity index (χ4v) is 1.35. The molecule has 0 aromatic carbocycles. The van der Waals surface area contributed by atoms with Crippen molar-refractivity contribution in [2.75, 3.05) is 7.11 Å². The Kier molecular flexibility index (Phi) is 3.29. The Labute approximate surface area is 88.5 Å². The summed E-state index contributed by atoms with van der Waals surface area (Å²) in [6, 6.07) is 2.93. The molecule has 0 spiro atoms. The second kappa shape index (κ2) is 4.29. The van der Waals surface area contributed by atoms with Crippen LogP contribution < -0.4 is 5.43 Å². The van der Waals surface area contributed by atoms with Gasteiger partial charge in [0.2, 0.25) is 0 Å². The van der Waals surface area contributed by atoms with E-state index in [1.54, 1.807) is 30.8 Å². The number of esters is 1. The van der Waals surface area contributed by atoms with Gasteiger partial charge in [0.1, 0.15) is 0 Å². The molecule has 1 rings (SSSR count). The maximum atomic E-state index is 11.4. The van der Waals surface area contributed by atoms with Gasteiger partial charge in [0.05, 0.1) is 12.5 Å². The lowest BCUT2D eigenvalue weighted by Crippen LogP contribution is -2.30. The number of methoxy groups -OCH3 is 1. The zero-order valence-electron chi connectivity index (χ0n) is 9.19. The third-order valence-corrected chi connectivity index (χ3v) is 2.18. The van der Waals surface area contributed by atoms with Crippen LogP contribution >= 0.6 is 0 Å². The first-order valence-corrected chi connectivity index (χ1v) is 4.70. The minimum atomic E-state index is -0.593. The highest BCUT2D eigenvalue weighted by Crippen LogP contribution is 2.19.